The van der Waals surface area contributed by atoms with Gasteiger partial charge in [-0.25, -0.2) is 9.78 Å². The highest BCUT2D eigenvalue weighted by Gasteiger charge is 2.15. The van der Waals surface area contributed by atoms with Crippen LogP contribution in [0.25, 0.3) is 0 Å². The second-order valence-corrected chi connectivity index (χ2v) is 5.09. The van der Waals surface area contributed by atoms with Crippen LogP contribution < -0.4 is 5.69 Å². The minimum absolute atomic E-state index is 0.0645. The van der Waals surface area contributed by atoms with Gasteiger partial charge in [-0.3, -0.25) is 9.36 Å². The van der Waals surface area contributed by atoms with Gasteiger partial charge < -0.3 is 4.90 Å². The summed E-state index contributed by atoms with van der Waals surface area (Å²) in [6.45, 7) is 4.33. The first-order valence-corrected chi connectivity index (χ1v) is 7.13. The molecular formula is C16H16ClN3O2. The smallest absolute Gasteiger partial charge is 0.333 e. The number of nitrogens with zero attached hydrogens (tertiary/aromatic N) is 3. The molecule has 2 aromatic rings. The van der Waals surface area contributed by atoms with Gasteiger partial charge >= 0.3 is 5.69 Å². The summed E-state index contributed by atoms with van der Waals surface area (Å²) in [5.41, 5.74) is 0.394. The second-order valence-electron chi connectivity index (χ2n) is 4.68. The average molecular weight is 318 g/mol. The normalized spacial score (nSPS) is 10.2. The monoisotopic (exact) mass is 317 g/mol. The Morgan fingerprint density at radius 2 is 2.14 bits per heavy atom. The molecule has 0 fully saturated rings. The van der Waals surface area contributed by atoms with Gasteiger partial charge in [0, 0.05) is 30.5 Å². The fourth-order valence-corrected chi connectivity index (χ4v) is 2.19. The lowest BCUT2D eigenvalue weighted by Crippen LogP contribution is -2.36. The number of rotatable bonds is 6. The predicted molar refractivity (Wildman–Crippen MR) is 85.6 cm³/mol. The number of aromatic nitrogens is 2. The third-order valence-electron chi connectivity index (χ3n) is 3.11. The molecule has 6 heteroatoms. The van der Waals surface area contributed by atoms with Crippen molar-refractivity contribution in [2.75, 3.05) is 6.54 Å². The van der Waals surface area contributed by atoms with Crippen LogP contribution in [0.3, 0.4) is 0 Å². The number of halogens is 1. The van der Waals surface area contributed by atoms with Crippen LogP contribution in [0.4, 0.5) is 0 Å². The molecular weight excluding hydrogens is 302 g/mol. The summed E-state index contributed by atoms with van der Waals surface area (Å²) in [4.78, 5) is 29.2. The number of amides is 1. The molecule has 5 nitrogen and oxygen atoms in total. The van der Waals surface area contributed by atoms with Crippen molar-refractivity contribution < 1.29 is 4.79 Å². The Bertz CT molecular complexity index is 727. The number of hydrogen-bond acceptors (Lipinski definition) is 3. The molecule has 22 heavy (non-hydrogen) atoms. The van der Waals surface area contributed by atoms with Gasteiger partial charge in [0.15, 0.2) is 0 Å². The number of carbonyl (C=O) groups is 1. The molecule has 1 aromatic heterocycles. The maximum atomic E-state index is 12.4. The first-order chi connectivity index (χ1) is 10.6. The Morgan fingerprint density at radius 3 is 2.82 bits per heavy atom. The van der Waals surface area contributed by atoms with Gasteiger partial charge in [0.1, 0.15) is 6.54 Å². The zero-order valence-electron chi connectivity index (χ0n) is 12.0. The van der Waals surface area contributed by atoms with E-state index in [1.165, 1.54) is 17.0 Å². The van der Waals surface area contributed by atoms with Crippen molar-refractivity contribution in [3.05, 3.63) is 76.5 Å². The highest BCUT2D eigenvalue weighted by molar-refractivity contribution is 6.31. The Kier molecular flexibility index (Phi) is 5.49. The molecule has 0 aliphatic rings. The van der Waals surface area contributed by atoms with E-state index in [0.29, 0.717) is 18.1 Å². The Hall–Kier alpha value is -2.40. The van der Waals surface area contributed by atoms with Crippen LogP contribution in [0.15, 0.2) is 60.2 Å². The van der Waals surface area contributed by atoms with Gasteiger partial charge in [0.2, 0.25) is 5.91 Å². The Labute approximate surface area is 133 Å². The molecule has 0 saturated carbocycles. The molecule has 0 radical (unpaired) electrons. The van der Waals surface area contributed by atoms with Gasteiger partial charge in [0.25, 0.3) is 0 Å². The maximum absolute atomic E-state index is 12.4. The van der Waals surface area contributed by atoms with Crippen molar-refractivity contribution in [2.45, 2.75) is 13.1 Å². The van der Waals surface area contributed by atoms with Crippen molar-refractivity contribution in [2.24, 2.45) is 0 Å². The quantitative estimate of drug-likeness (QED) is 0.767. The van der Waals surface area contributed by atoms with Crippen LogP contribution in [0.1, 0.15) is 5.56 Å². The van der Waals surface area contributed by atoms with E-state index in [1.807, 2.05) is 18.2 Å². The minimum Gasteiger partial charge on any atom is -0.333 e. The van der Waals surface area contributed by atoms with E-state index in [0.717, 1.165) is 5.56 Å². The number of benzene rings is 1. The molecule has 1 aromatic carbocycles. The summed E-state index contributed by atoms with van der Waals surface area (Å²) in [6, 6.07) is 8.95. The van der Waals surface area contributed by atoms with Gasteiger partial charge in [-0.05, 0) is 17.7 Å². The van der Waals surface area contributed by atoms with E-state index in [4.69, 9.17) is 11.6 Å². The van der Waals surface area contributed by atoms with E-state index < -0.39 is 5.69 Å². The molecule has 114 valence electrons. The van der Waals surface area contributed by atoms with Crippen molar-refractivity contribution in [3.8, 4) is 0 Å². The second kappa shape index (κ2) is 7.56. The number of carbonyl (C=O) groups excluding carboxylic acids is 1. The van der Waals surface area contributed by atoms with Gasteiger partial charge in [0.05, 0.1) is 0 Å². The van der Waals surface area contributed by atoms with Crippen molar-refractivity contribution >= 4 is 17.5 Å². The van der Waals surface area contributed by atoms with Crippen LogP contribution in [0.2, 0.25) is 5.02 Å². The molecule has 0 spiro atoms. The molecule has 0 saturated heterocycles. The Balaban J connectivity index is 2.15. The fourth-order valence-electron chi connectivity index (χ4n) is 2.00. The third kappa shape index (κ3) is 4.05. The highest BCUT2D eigenvalue weighted by Crippen LogP contribution is 2.17. The van der Waals surface area contributed by atoms with Crippen LogP contribution in [-0.2, 0) is 17.9 Å². The molecule has 2 rings (SSSR count). The van der Waals surface area contributed by atoms with E-state index >= 15 is 0 Å². The standard InChI is InChI=1S/C16H16ClN3O2/c1-2-9-19(11-13-6-3-4-7-14(13)17)15(21)12-20-10-5-8-18-16(20)22/h2-8,10H,1,9,11-12H2. The summed E-state index contributed by atoms with van der Waals surface area (Å²) >= 11 is 6.13. The van der Waals surface area contributed by atoms with E-state index in [1.54, 1.807) is 23.1 Å². The summed E-state index contributed by atoms with van der Waals surface area (Å²) in [5, 5.41) is 0.600. The Morgan fingerprint density at radius 1 is 1.36 bits per heavy atom. The maximum Gasteiger partial charge on any atom is 0.347 e. The largest absolute Gasteiger partial charge is 0.347 e. The van der Waals surface area contributed by atoms with Crippen LogP contribution in [0.5, 0.6) is 0 Å². The molecule has 0 aliphatic carbocycles. The molecule has 0 aliphatic heterocycles. The van der Waals surface area contributed by atoms with E-state index in [9.17, 15) is 9.59 Å². The number of hydrogen-bond donors (Lipinski definition) is 0. The fraction of sp³-hybridized carbons (Fsp3) is 0.188. The minimum atomic E-state index is -0.452. The van der Waals surface area contributed by atoms with E-state index in [-0.39, 0.29) is 12.5 Å². The van der Waals surface area contributed by atoms with Crippen molar-refractivity contribution in [1.29, 1.82) is 0 Å². The molecule has 0 bridgehead atoms. The third-order valence-corrected chi connectivity index (χ3v) is 3.48. The average Bonchev–Trinajstić information content (AvgIpc) is 2.51. The zero-order valence-corrected chi connectivity index (χ0v) is 12.7. The molecule has 0 unspecified atom stereocenters. The van der Waals surface area contributed by atoms with Gasteiger partial charge in [-0.1, -0.05) is 35.9 Å². The summed E-state index contributed by atoms with van der Waals surface area (Å²) < 4.78 is 1.27. The van der Waals surface area contributed by atoms with Crippen LogP contribution in [-0.4, -0.2) is 26.9 Å². The molecule has 1 amide bonds. The first kappa shape index (κ1) is 16.0. The lowest BCUT2D eigenvalue weighted by Gasteiger charge is -2.22. The van der Waals surface area contributed by atoms with Crippen LogP contribution >= 0.6 is 11.6 Å². The van der Waals surface area contributed by atoms with Gasteiger partial charge in [-0.15, -0.1) is 6.58 Å². The lowest BCUT2D eigenvalue weighted by molar-refractivity contribution is -0.132. The zero-order chi connectivity index (χ0) is 15.9. The van der Waals surface area contributed by atoms with E-state index in [2.05, 4.69) is 11.6 Å². The predicted octanol–water partition coefficient (Wildman–Crippen LogP) is 2.11. The molecule has 1 heterocycles. The summed E-state index contributed by atoms with van der Waals surface area (Å²) in [5.74, 6) is -0.199. The van der Waals surface area contributed by atoms with Crippen molar-refractivity contribution in [1.82, 2.24) is 14.5 Å². The SMILES string of the molecule is C=CCN(Cc1ccccc1Cl)C(=O)Cn1cccnc1=O. The summed E-state index contributed by atoms with van der Waals surface area (Å²) in [6.07, 6.45) is 4.57. The molecule has 0 atom stereocenters. The molecule has 0 N–H and O–H groups in total. The van der Waals surface area contributed by atoms with Gasteiger partial charge in [-0.2, -0.15) is 0 Å². The van der Waals surface area contributed by atoms with Crippen LogP contribution in [0, 0.1) is 0 Å². The lowest BCUT2D eigenvalue weighted by atomic mass is 10.2. The summed E-state index contributed by atoms with van der Waals surface area (Å²) in [7, 11) is 0. The first-order valence-electron chi connectivity index (χ1n) is 6.75. The topological polar surface area (TPSA) is 55.2 Å². The highest BCUT2D eigenvalue weighted by atomic mass is 35.5. The van der Waals surface area contributed by atoms with Crippen molar-refractivity contribution in [3.63, 3.8) is 0 Å².